The van der Waals surface area contributed by atoms with E-state index >= 15 is 0 Å². The molecule has 1 fully saturated rings. The second-order valence-electron chi connectivity index (χ2n) is 8.27. The summed E-state index contributed by atoms with van der Waals surface area (Å²) < 4.78 is 3.45. The highest BCUT2D eigenvalue weighted by Gasteiger charge is 2.21. The summed E-state index contributed by atoms with van der Waals surface area (Å²) in [4.78, 5) is 21.4. The summed E-state index contributed by atoms with van der Waals surface area (Å²) >= 11 is 0. The van der Waals surface area contributed by atoms with Gasteiger partial charge in [0.05, 0.1) is 18.4 Å². The van der Waals surface area contributed by atoms with E-state index in [0.29, 0.717) is 6.54 Å². The van der Waals surface area contributed by atoms with Crippen molar-refractivity contribution in [2.24, 2.45) is 0 Å². The minimum absolute atomic E-state index is 0.0387. The van der Waals surface area contributed by atoms with E-state index in [2.05, 4.69) is 45.8 Å². The van der Waals surface area contributed by atoms with Gasteiger partial charge < -0.3 is 4.90 Å². The van der Waals surface area contributed by atoms with Crippen LogP contribution in [0.4, 0.5) is 5.82 Å². The predicted molar refractivity (Wildman–Crippen MR) is 109 cm³/mol. The molecule has 148 valence electrons. The van der Waals surface area contributed by atoms with Gasteiger partial charge in [0.25, 0.3) is 5.56 Å². The molecule has 28 heavy (non-hydrogen) atoms. The van der Waals surface area contributed by atoms with Gasteiger partial charge in [-0.1, -0.05) is 20.8 Å². The molecule has 0 bridgehead atoms. The fraction of sp³-hybridized carbons (Fsp3) is 0.500. The Kier molecular flexibility index (Phi) is 4.89. The van der Waals surface area contributed by atoms with Gasteiger partial charge in [0.15, 0.2) is 5.82 Å². The molecule has 8 nitrogen and oxygen atoms in total. The largest absolute Gasteiger partial charge is 0.352 e. The van der Waals surface area contributed by atoms with E-state index in [9.17, 15) is 4.79 Å². The topological polar surface area (TPSA) is 71.6 Å². The molecule has 0 aliphatic carbocycles. The molecule has 1 aliphatic heterocycles. The molecule has 4 heterocycles. The Morgan fingerprint density at radius 2 is 1.79 bits per heavy atom. The number of fused-ring (bicyclic) bond motifs is 1. The monoisotopic (exact) mass is 381 g/mol. The van der Waals surface area contributed by atoms with Crippen LogP contribution >= 0.6 is 0 Å². The van der Waals surface area contributed by atoms with E-state index in [1.54, 1.807) is 23.1 Å². The molecule has 1 saturated heterocycles. The molecule has 0 radical (unpaired) electrons. The van der Waals surface area contributed by atoms with Gasteiger partial charge in [-0.05, 0) is 12.1 Å². The zero-order valence-electron chi connectivity index (χ0n) is 16.7. The average Bonchev–Trinajstić information content (AvgIpc) is 3.16. The Hall–Kier alpha value is -2.74. The smallest absolute Gasteiger partial charge is 0.266 e. The Morgan fingerprint density at radius 1 is 1.00 bits per heavy atom. The summed E-state index contributed by atoms with van der Waals surface area (Å²) in [5.41, 5.74) is 1.87. The van der Waals surface area contributed by atoms with Gasteiger partial charge in [-0.25, -0.2) is 14.2 Å². The number of hydrogen-bond donors (Lipinski definition) is 0. The van der Waals surface area contributed by atoms with E-state index < -0.39 is 0 Å². The fourth-order valence-corrected chi connectivity index (χ4v) is 3.52. The first-order chi connectivity index (χ1) is 13.4. The van der Waals surface area contributed by atoms with Gasteiger partial charge in [-0.3, -0.25) is 9.69 Å². The Morgan fingerprint density at radius 3 is 2.54 bits per heavy atom. The quantitative estimate of drug-likeness (QED) is 0.680. The SMILES string of the molecule is CC(C)(C)c1ccc(=O)n(CCN2CCN(c3nccn4nccc34)CC2)n1. The van der Waals surface area contributed by atoms with Crippen molar-refractivity contribution in [2.45, 2.75) is 32.7 Å². The molecular formula is C20H27N7O. The van der Waals surface area contributed by atoms with Crippen molar-refractivity contribution in [1.29, 1.82) is 0 Å². The molecule has 4 rings (SSSR count). The van der Waals surface area contributed by atoms with Gasteiger partial charge in [0.1, 0.15) is 5.52 Å². The highest BCUT2D eigenvalue weighted by Crippen LogP contribution is 2.20. The maximum absolute atomic E-state index is 12.2. The summed E-state index contributed by atoms with van der Waals surface area (Å²) in [7, 11) is 0. The maximum atomic E-state index is 12.2. The van der Waals surface area contributed by atoms with Crippen LogP contribution in [0.5, 0.6) is 0 Å². The van der Waals surface area contributed by atoms with Crippen LogP contribution < -0.4 is 10.5 Å². The number of rotatable bonds is 4. The average molecular weight is 381 g/mol. The highest BCUT2D eigenvalue weighted by atomic mass is 16.1. The van der Waals surface area contributed by atoms with Gasteiger partial charge in [0, 0.05) is 56.6 Å². The summed E-state index contributed by atoms with van der Waals surface area (Å²) in [5.74, 6) is 0.982. The molecule has 0 amide bonds. The van der Waals surface area contributed by atoms with Gasteiger partial charge in [-0.2, -0.15) is 10.2 Å². The van der Waals surface area contributed by atoms with Crippen molar-refractivity contribution in [3.63, 3.8) is 0 Å². The van der Waals surface area contributed by atoms with E-state index in [1.807, 2.05) is 22.8 Å². The number of aromatic nitrogens is 5. The summed E-state index contributed by atoms with van der Waals surface area (Å²) in [5, 5.41) is 8.85. The fourth-order valence-electron chi connectivity index (χ4n) is 3.52. The Bertz CT molecular complexity index is 1010. The molecule has 3 aromatic rings. The first-order valence-electron chi connectivity index (χ1n) is 9.76. The van der Waals surface area contributed by atoms with E-state index in [1.165, 1.54) is 0 Å². The molecule has 0 unspecified atom stereocenters. The first-order valence-corrected chi connectivity index (χ1v) is 9.76. The zero-order chi connectivity index (χ0) is 19.7. The van der Waals surface area contributed by atoms with Crippen molar-refractivity contribution >= 4 is 11.3 Å². The van der Waals surface area contributed by atoms with Crippen LogP contribution in [0.3, 0.4) is 0 Å². The Balaban J connectivity index is 1.38. The van der Waals surface area contributed by atoms with Crippen molar-refractivity contribution in [3.8, 4) is 0 Å². The molecule has 1 aliphatic rings. The van der Waals surface area contributed by atoms with Gasteiger partial charge in [0.2, 0.25) is 0 Å². The van der Waals surface area contributed by atoms with Crippen molar-refractivity contribution in [2.75, 3.05) is 37.6 Å². The van der Waals surface area contributed by atoms with Crippen molar-refractivity contribution in [1.82, 2.24) is 29.3 Å². The second kappa shape index (κ2) is 7.35. The zero-order valence-corrected chi connectivity index (χ0v) is 16.7. The van der Waals surface area contributed by atoms with Crippen molar-refractivity contribution in [3.05, 3.63) is 52.8 Å². The third kappa shape index (κ3) is 3.77. The normalized spacial score (nSPS) is 16.0. The highest BCUT2D eigenvalue weighted by molar-refractivity contribution is 5.68. The second-order valence-corrected chi connectivity index (χ2v) is 8.27. The lowest BCUT2D eigenvalue weighted by atomic mass is 9.92. The van der Waals surface area contributed by atoms with Crippen molar-refractivity contribution < 1.29 is 0 Å². The van der Waals surface area contributed by atoms with E-state index in [-0.39, 0.29) is 11.0 Å². The van der Waals surface area contributed by atoms with Gasteiger partial charge >= 0.3 is 0 Å². The predicted octanol–water partition coefficient (Wildman–Crippen LogP) is 1.41. The number of nitrogens with zero attached hydrogens (tertiary/aromatic N) is 7. The first kappa shape index (κ1) is 18.6. The van der Waals surface area contributed by atoms with Crippen LogP contribution in [0.15, 0.2) is 41.6 Å². The number of anilines is 1. The van der Waals surface area contributed by atoms with Crippen LogP contribution in [0.1, 0.15) is 26.5 Å². The van der Waals surface area contributed by atoms with E-state index in [0.717, 1.165) is 49.8 Å². The van der Waals surface area contributed by atoms with Gasteiger partial charge in [-0.15, -0.1) is 0 Å². The lowest BCUT2D eigenvalue weighted by Gasteiger charge is -2.35. The standard InChI is InChI=1S/C20H27N7O/c1-20(2,3)17-4-5-18(28)27(23-17)15-12-24-10-13-25(14-11-24)19-16-6-7-22-26(16)9-8-21-19/h4-9H,10-15H2,1-3H3. The van der Waals surface area contributed by atoms with Crippen LogP contribution in [-0.4, -0.2) is 62.0 Å². The summed E-state index contributed by atoms with van der Waals surface area (Å²) in [6.45, 7) is 11.4. The summed E-state index contributed by atoms with van der Waals surface area (Å²) in [6.07, 6.45) is 5.46. The lowest BCUT2D eigenvalue weighted by Crippen LogP contribution is -2.48. The van der Waals surface area contributed by atoms with Crippen LogP contribution in [0.2, 0.25) is 0 Å². The molecule has 0 aromatic carbocycles. The summed E-state index contributed by atoms with van der Waals surface area (Å²) in [6, 6.07) is 5.46. The Labute approximate surface area is 164 Å². The molecule has 0 atom stereocenters. The molecular weight excluding hydrogens is 354 g/mol. The third-order valence-electron chi connectivity index (χ3n) is 5.24. The molecule has 3 aromatic heterocycles. The molecule has 8 heteroatoms. The lowest BCUT2D eigenvalue weighted by molar-refractivity contribution is 0.241. The minimum atomic E-state index is -0.0667. The molecule has 0 N–H and O–H groups in total. The number of hydrogen-bond acceptors (Lipinski definition) is 6. The maximum Gasteiger partial charge on any atom is 0.266 e. The van der Waals surface area contributed by atoms with E-state index in [4.69, 9.17) is 0 Å². The number of piperazine rings is 1. The molecule has 0 spiro atoms. The third-order valence-corrected chi connectivity index (χ3v) is 5.24. The van der Waals surface area contributed by atoms with Crippen LogP contribution in [0.25, 0.3) is 5.52 Å². The molecule has 0 saturated carbocycles. The van der Waals surface area contributed by atoms with Crippen LogP contribution in [-0.2, 0) is 12.0 Å². The minimum Gasteiger partial charge on any atom is -0.352 e. The van der Waals surface area contributed by atoms with Crippen LogP contribution in [0, 0.1) is 0 Å².